The first-order chi connectivity index (χ1) is 13.1. The van der Waals surface area contributed by atoms with Crippen molar-refractivity contribution in [1.82, 2.24) is 20.2 Å². The minimum absolute atomic E-state index is 0.00134. The molecule has 2 aromatic heterocycles. The molecule has 0 unspecified atom stereocenters. The molecule has 27 heavy (non-hydrogen) atoms. The number of aromatic amines is 1. The highest BCUT2D eigenvalue weighted by molar-refractivity contribution is 8.01. The summed E-state index contributed by atoms with van der Waals surface area (Å²) in [5, 5.41) is 11.6. The summed E-state index contributed by atoms with van der Waals surface area (Å²) < 4.78 is 0.807. The van der Waals surface area contributed by atoms with E-state index in [9.17, 15) is 9.59 Å². The van der Waals surface area contributed by atoms with E-state index in [0.29, 0.717) is 21.7 Å². The summed E-state index contributed by atoms with van der Waals surface area (Å²) in [5.74, 6) is 1.29. The second-order valence-electron chi connectivity index (χ2n) is 5.35. The SMILES string of the molecule is CCSc1nnc(NC(=O)Cc2cc(=O)[nH]c(SCc3ccccc3)n2)s1. The Morgan fingerprint density at radius 2 is 2.04 bits per heavy atom. The molecule has 0 fully saturated rings. The Hall–Kier alpha value is -2.17. The van der Waals surface area contributed by atoms with Crippen molar-refractivity contribution in [2.24, 2.45) is 0 Å². The fourth-order valence-electron chi connectivity index (χ4n) is 2.14. The van der Waals surface area contributed by atoms with Gasteiger partial charge in [-0.1, -0.05) is 72.1 Å². The zero-order valence-corrected chi connectivity index (χ0v) is 16.9. The molecule has 1 amide bonds. The number of rotatable bonds is 8. The van der Waals surface area contributed by atoms with Crippen LogP contribution in [0.25, 0.3) is 0 Å². The van der Waals surface area contributed by atoms with Crippen molar-refractivity contribution in [2.45, 2.75) is 28.6 Å². The second-order valence-corrected chi connectivity index (χ2v) is 8.80. The lowest BCUT2D eigenvalue weighted by atomic mass is 10.2. The van der Waals surface area contributed by atoms with Crippen LogP contribution in [0.5, 0.6) is 0 Å². The van der Waals surface area contributed by atoms with Gasteiger partial charge in [-0.05, 0) is 11.3 Å². The van der Waals surface area contributed by atoms with Gasteiger partial charge in [-0.15, -0.1) is 10.2 Å². The molecule has 0 spiro atoms. The molecular weight excluding hydrogens is 402 g/mol. The molecule has 0 bridgehead atoms. The van der Waals surface area contributed by atoms with Gasteiger partial charge in [-0.25, -0.2) is 4.98 Å². The molecule has 0 saturated carbocycles. The molecule has 10 heteroatoms. The number of hydrogen-bond donors (Lipinski definition) is 2. The third-order valence-electron chi connectivity index (χ3n) is 3.25. The van der Waals surface area contributed by atoms with Crippen LogP contribution in [-0.4, -0.2) is 31.8 Å². The van der Waals surface area contributed by atoms with Gasteiger partial charge >= 0.3 is 0 Å². The van der Waals surface area contributed by atoms with E-state index >= 15 is 0 Å². The van der Waals surface area contributed by atoms with Crippen LogP contribution in [0.1, 0.15) is 18.2 Å². The number of carbonyl (C=O) groups excluding carboxylic acids is 1. The first-order valence-corrected chi connectivity index (χ1v) is 10.9. The lowest BCUT2D eigenvalue weighted by Gasteiger charge is -2.04. The van der Waals surface area contributed by atoms with Gasteiger partial charge in [0.2, 0.25) is 11.0 Å². The summed E-state index contributed by atoms with van der Waals surface area (Å²) in [7, 11) is 0. The maximum Gasteiger partial charge on any atom is 0.251 e. The number of amides is 1. The minimum atomic E-state index is -0.281. The molecule has 3 rings (SSSR count). The number of thioether (sulfide) groups is 2. The van der Waals surface area contributed by atoms with Crippen molar-refractivity contribution in [3.8, 4) is 0 Å². The molecule has 1 aromatic carbocycles. The molecule has 0 radical (unpaired) electrons. The molecule has 3 aromatic rings. The molecule has 7 nitrogen and oxygen atoms in total. The lowest BCUT2D eigenvalue weighted by Crippen LogP contribution is -2.18. The van der Waals surface area contributed by atoms with E-state index in [2.05, 4.69) is 25.5 Å². The average Bonchev–Trinajstić information content (AvgIpc) is 3.07. The number of nitrogens with one attached hydrogen (secondary N) is 2. The van der Waals surface area contributed by atoms with Crippen molar-refractivity contribution >= 4 is 45.9 Å². The number of anilines is 1. The smallest absolute Gasteiger partial charge is 0.251 e. The van der Waals surface area contributed by atoms with E-state index < -0.39 is 0 Å². The van der Waals surface area contributed by atoms with Crippen LogP contribution in [0, 0.1) is 0 Å². The molecular formula is C17H17N5O2S3. The Bertz CT molecular complexity index is 958. The standard InChI is InChI=1S/C17H17N5O2S3/c1-2-25-17-22-21-16(27-17)20-14(24)9-12-8-13(23)19-15(18-12)26-10-11-6-4-3-5-7-11/h3-8H,2,9-10H2,1H3,(H,18,19,23)(H,20,21,24). The highest BCUT2D eigenvalue weighted by atomic mass is 32.2. The van der Waals surface area contributed by atoms with Crippen LogP contribution >= 0.6 is 34.9 Å². The highest BCUT2D eigenvalue weighted by Gasteiger charge is 2.11. The zero-order chi connectivity index (χ0) is 19.1. The van der Waals surface area contributed by atoms with Crippen molar-refractivity contribution in [2.75, 3.05) is 11.1 Å². The summed E-state index contributed by atoms with van der Waals surface area (Å²) in [5.41, 5.74) is 1.27. The third kappa shape index (κ3) is 6.19. The fraction of sp³-hybridized carbons (Fsp3) is 0.235. The number of hydrogen-bond acceptors (Lipinski definition) is 8. The molecule has 140 valence electrons. The molecule has 2 N–H and O–H groups in total. The van der Waals surface area contributed by atoms with Gasteiger partial charge in [0.15, 0.2) is 9.50 Å². The highest BCUT2D eigenvalue weighted by Crippen LogP contribution is 2.25. The van der Waals surface area contributed by atoms with Crippen molar-refractivity contribution in [3.05, 3.63) is 58.0 Å². The molecule has 0 atom stereocenters. The Morgan fingerprint density at radius 1 is 1.22 bits per heavy atom. The summed E-state index contributed by atoms with van der Waals surface area (Å²) in [4.78, 5) is 31.2. The van der Waals surface area contributed by atoms with Gasteiger partial charge in [-0.2, -0.15) is 0 Å². The fourth-order valence-corrected chi connectivity index (χ4v) is 4.65. The van der Waals surface area contributed by atoms with Crippen molar-refractivity contribution < 1.29 is 4.79 Å². The summed E-state index contributed by atoms with van der Waals surface area (Å²) in [6.07, 6.45) is -0.00134. The zero-order valence-electron chi connectivity index (χ0n) is 14.5. The van der Waals surface area contributed by atoms with Crippen LogP contribution in [-0.2, 0) is 17.0 Å². The summed E-state index contributed by atoms with van der Waals surface area (Å²) >= 11 is 4.31. The molecule has 0 aliphatic carbocycles. The number of carbonyl (C=O) groups is 1. The normalized spacial score (nSPS) is 10.7. The van der Waals surface area contributed by atoms with Crippen molar-refractivity contribution in [1.29, 1.82) is 0 Å². The van der Waals surface area contributed by atoms with E-state index in [1.807, 2.05) is 37.3 Å². The summed E-state index contributed by atoms with van der Waals surface area (Å²) in [6, 6.07) is 11.2. The largest absolute Gasteiger partial charge is 0.301 e. The van der Waals surface area contributed by atoms with E-state index in [-0.39, 0.29) is 17.9 Å². The molecule has 0 aliphatic heterocycles. The van der Waals surface area contributed by atoms with Gasteiger partial charge in [0.1, 0.15) is 0 Å². The second kappa shape index (κ2) is 9.67. The predicted molar refractivity (Wildman–Crippen MR) is 110 cm³/mol. The number of aromatic nitrogens is 4. The van der Waals surface area contributed by atoms with Gasteiger partial charge in [0.25, 0.3) is 5.56 Å². The predicted octanol–water partition coefficient (Wildman–Crippen LogP) is 3.21. The van der Waals surface area contributed by atoms with Gasteiger partial charge < -0.3 is 10.3 Å². The van der Waals surface area contributed by atoms with E-state index in [0.717, 1.165) is 15.7 Å². The van der Waals surface area contributed by atoms with Crippen LogP contribution in [0.4, 0.5) is 5.13 Å². The Morgan fingerprint density at radius 3 is 2.81 bits per heavy atom. The van der Waals surface area contributed by atoms with Gasteiger partial charge in [0.05, 0.1) is 12.1 Å². The average molecular weight is 420 g/mol. The minimum Gasteiger partial charge on any atom is -0.301 e. The van der Waals surface area contributed by atoms with E-state index in [4.69, 9.17) is 0 Å². The van der Waals surface area contributed by atoms with Crippen LogP contribution in [0.2, 0.25) is 0 Å². The monoisotopic (exact) mass is 419 g/mol. The number of nitrogens with zero attached hydrogens (tertiary/aromatic N) is 3. The van der Waals surface area contributed by atoms with Crippen LogP contribution in [0.15, 0.2) is 50.7 Å². The first kappa shape index (κ1) is 19.6. The number of H-pyrrole nitrogens is 1. The maximum absolute atomic E-state index is 12.2. The van der Waals surface area contributed by atoms with Gasteiger partial charge in [-0.3, -0.25) is 9.59 Å². The summed E-state index contributed by atoms with van der Waals surface area (Å²) in [6.45, 7) is 2.02. The maximum atomic E-state index is 12.2. The van der Waals surface area contributed by atoms with Crippen LogP contribution < -0.4 is 10.9 Å². The Balaban J connectivity index is 1.61. The topological polar surface area (TPSA) is 101 Å². The van der Waals surface area contributed by atoms with Crippen molar-refractivity contribution in [3.63, 3.8) is 0 Å². The molecule has 2 heterocycles. The van der Waals surface area contributed by atoms with Gasteiger partial charge in [0, 0.05) is 11.8 Å². The van der Waals surface area contributed by atoms with E-state index in [1.54, 1.807) is 11.8 Å². The molecule has 0 aliphatic rings. The first-order valence-electron chi connectivity index (χ1n) is 8.15. The third-order valence-corrected chi connectivity index (χ3v) is 6.05. The number of benzene rings is 1. The van der Waals surface area contributed by atoms with E-state index in [1.165, 1.54) is 29.2 Å². The molecule has 0 saturated heterocycles. The lowest BCUT2D eigenvalue weighted by molar-refractivity contribution is -0.115. The van der Waals surface area contributed by atoms with Crippen LogP contribution in [0.3, 0.4) is 0 Å². The Labute approximate surface area is 168 Å². The Kier molecular flexibility index (Phi) is 7.02. The quantitative estimate of drug-likeness (QED) is 0.328.